The second-order valence-corrected chi connectivity index (χ2v) is 6.29. The third-order valence-corrected chi connectivity index (χ3v) is 4.26. The fourth-order valence-electron chi connectivity index (χ4n) is 3.05. The fraction of sp³-hybridized carbons (Fsp3) is 0.474. The lowest BCUT2D eigenvalue weighted by Crippen LogP contribution is -2.22. The van der Waals surface area contributed by atoms with Crippen molar-refractivity contribution in [1.82, 2.24) is 9.97 Å². The first-order valence-electron chi connectivity index (χ1n) is 8.71. The molecule has 0 bridgehead atoms. The molecule has 0 amide bonds. The highest BCUT2D eigenvalue weighted by atomic mass is 16.5. The second-order valence-electron chi connectivity index (χ2n) is 6.29. The van der Waals surface area contributed by atoms with Crippen LogP contribution < -0.4 is 10.2 Å². The Kier molecular flexibility index (Phi) is 5.30. The van der Waals surface area contributed by atoms with Gasteiger partial charge in [-0.2, -0.15) is 4.98 Å². The Morgan fingerprint density at radius 3 is 2.83 bits per heavy atom. The highest BCUT2D eigenvalue weighted by Gasteiger charge is 2.16. The summed E-state index contributed by atoms with van der Waals surface area (Å²) >= 11 is 0. The van der Waals surface area contributed by atoms with Gasteiger partial charge in [-0.15, -0.1) is 0 Å². The molecule has 5 heteroatoms. The molecule has 1 atom stereocenters. The summed E-state index contributed by atoms with van der Waals surface area (Å²) in [7, 11) is 0. The summed E-state index contributed by atoms with van der Waals surface area (Å²) in [5.74, 6) is 1.59. The molecule has 1 N–H and O–H groups in total. The van der Waals surface area contributed by atoms with Crippen LogP contribution in [0.15, 0.2) is 30.3 Å². The largest absolute Gasteiger partial charge is 0.376 e. The average molecular weight is 326 g/mol. The van der Waals surface area contributed by atoms with E-state index in [0.29, 0.717) is 5.95 Å². The van der Waals surface area contributed by atoms with Gasteiger partial charge in [0.15, 0.2) is 0 Å². The van der Waals surface area contributed by atoms with Gasteiger partial charge in [-0.1, -0.05) is 12.1 Å². The maximum Gasteiger partial charge on any atom is 0.224 e. The zero-order valence-electron chi connectivity index (χ0n) is 14.7. The topological polar surface area (TPSA) is 50.3 Å². The first kappa shape index (κ1) is 16.7. The van der Waals surface area contributed by atoms with Crippen molar-refractivity contribution in [2.75, 3.05) is 29.9 Å². The standard InChI is InChI=1S/C19H26N4O/c1-4-23(16-8-5-7-14(2)11-16)18-12-15(3)21-19(22-18)20-13-17-9-6-10-24-17/h5,7-8,11-12,17H,4,6,9-10,13H2,1-3H3,(H,20,21,22). The van der Waals surface area contributed by atoms with Gasteiger partial charge in [0.25, 0.3) is 0 Å². The van der Waals surface area contributed by atoms with Gasteiger partial charge in [-0.05, 0) is 51.3 Å². The molecule has 1 aliphatic heterocycles. The zero-order valence-corrected chi connectivity index (χ0v) is 14.7. The predicted molar refractivity (Wildman–Crippen MR) is 98.1 cm³/mol. The second kappa shape index (κ2) is 7.62. The molecule has 2 aromatic rings. The maximum atomic E-state index is 5.66. The molecule has 1 saturated heterocycles. The van der Waals surface area contributed by atoms with E-state index in [4.69, 9.17) is 9.72 Å². The van der Waals surface area contributed by atoms with E-state index in [1.807, 2.05) is 13.0 Å². The van der Waals surface area contributed by atoms with Gasteiger partial charge in [-0.25, -0.2) is 4.98 Å². The quantitative estimate of drug-likeness (QED) is 0.874. The molecule has 1 aromatic heterocycles. The van der Waals surface area contributed by atoms with E-state index >= 15 is 0 Å². The number of nitrogens with one attached hydrogen (secondary N) is 1. The molecule has 3 rings (SSSR count). The van der Waals surface area contributed by atoms with Crippen LogP contribution in [0.2, 0.25) is 0 Å². The van der Waals surface area contributed by atoms with E-state index in [0.717, 1.165) is 49.7 Å². The Bertz CT molecular complexity index is 683. The van der Waals surface area contributed by atoms with E-state index in [1.54, 1.807) is 0 Å². The number of anilines is 3. The summed E-state index contributed by atoms with van der Waals surface area (Å²) in [6.45, 7) is 8.73. The van der Waals surface area contributed by atoms with Crippen molar-refractivity contribution < 1.29 is 4.74 Å². The van der Waals surface area contributed by atoms with Gasteiger partial charge >= 0.3 is 0 Å². The summed E-state index contributed by atoms with van der Waals surface area (Å²) in [5.41, 5.74) is 3.36. The van der Waals surface area contributed by atoms with Crippen LogP contribution in [-0.2, 0) is 4.74 Å². The zero-order chi connectivity index (χ0) is 16.9. The summed E-state index contributed by atoms with van der Waals surface area (Å²) in [6, 6.07) is 10.5. The van der Waals surface area contributed by atoms with Crippen molar-refractivity contribution in [3.05, 3.63) is 41.6 Å². The minimum Gasteiger partial charge on any atom is -0.376 e. The predicted octanol–water partition coefficient (Wildman–Crippen LogP) is 3.84. The number of nitrogens with zero attached hydrogens (tertiary/aromatic N) is 3. The fourth-order valence-corrected chi connectivity index (χ4v) is 3.05. The molecule has 1 fully saturated rings. The number of benzene rings is 1. The van der Waals surface area contributed by atoms with Crippen LogP contribution in [0.4, 0.5) is 17.5 Å². The number of hydrogen-bond donors (Lipinski definition) is 1. The Morgan fingerprint density at radius 1 is 1.25 bits per heavy atom. The van der Waals surface area contributed by atoms with Crippen LogP contribution in [0.25, 0.3) is 0 Å². The normalized spacial score (nSPS) is 17.0. The highest BCUT2D eigenvalue weighted by Crippen LogP contribution is 2.25. The Labute approximate surface area is 144 Å². The summed E-state index contributed by atoms with van der Waals surface area (Å²) in [4.78, 5) is 11.4. The first-order valence-corrected chi connectivity index (χ1v) is 8.71. The number of aromatic nitrogens is 2. The summed E-state index contributed by atoms with van der Waals surface area (Å²) in [5, 5.41) is 3.34. The molecule has 24 heavy (non-hydrogen) atoms. The molecule has 0 radical (unpaired) electrons. The number of ether oxygens (including phenoxy) is 1. The lowest BCUT2D eigenvalue weighted by atomic mass is 10.2. The molecule has 5 nitrogen and oxygen atoms in total. The van der Waals surface area contributed by atoms with Crippen molar-refractivity contribution in [3.8, 4) is 0 Å². The molecule has 0 aliphatic carbocycles. The van der Waals surface area contributed by atoms with Crippen molar-refractivity contribution in [1.29, 1.82) is 0 Å². The lowest BCUT2D eigenvalue weighted by Gasteiger charge is -2.23. The monoisotopic (exact) mass is 326 g/mol. The van der Waals surface area contributed by atoms with Crippen LogP contribution in [-0.4, -0.2) is 35.8 Å². The Morgan fingerprint density at radius 2 is 2.12 bits per heavy atom. The molecule has 0 saturated carbocycles. The van der Waals surface area contributed by atoms with Crippen molar-refractivity contribution in [2.45, 2.75) is 39.7 Å². The highest BCUT2D eigenvalue weighted by molar-refractivity contribution is 5.61. The summed E-state index contributed by atoms with van der Waals surface area (Å²) < 4.78 is 5.66. The molecule has 1 unspecified atom stereocenters. The molecule has 128 valence electrons. The van der Waals surface area contributed by atoms with Crippen LogP contribution >= 0.6 is 0 Å². The minimum atomic E-state index is 0.275. The van der Waals surface area contributed by atoms with Gasteiger partial charge in [0, 0.05) is 37.1 Å². The van der Waals surface area contributed by atoms with Crippen LogP contribution in [0, 0.1) is 13.8 Å². The number of hydrogen-bond acceptors (Lipinski definition) is 5. The van der Waals surface area contributed by atoms with Gasteiger partial charge in [0.05, 0.1) is 6.10 Å². The number of rotatable bonds is 6. The average Bonchev–Trinajstić information content (AvgIpc) is 3.07. The van der Waals surface area contributed by atoms with Gasteiger partial charge < -0.3 is 15.0 Å². The molecule has 1 aliphatic rings. The minimum absolute atomic E-state index is 0.275. The van der Waals surface area contributed by atoms with E-state index in [2.05, 4.69) is 53.3 Å². The van der Waals surface area contributed by atoms with Crippen molar-refractivity contribution in [2.24, 2.45) is 0 Å². The first-order chi connectivity index (χ1) is 11.7. The maximum absolute atomic E-state index is 5.66. The molecule has 1 aromatic carbocycles. The SMILES string of the molecule is CCN(c1cccc(C)c1)c1cc(C)nc(NCC2CCCO2)n1. The molecule has 0 spiro atoms. The third-order valence-electron chi connectivity index (χ3n) is 4.26. The number of aryl methyl sites for hydroxylation is 2. The van der Waals surface area contributed by atoms with E-state index < -0.39 is 0 Å². The Balaban J connectivity index is 1.80. The van der Waals surface area contributed by atoms with Crippen molar-refractivity contribution in [3.63, 3.8) is 0 Å². The Hall–Kier alpha value is -2.14. The summed E-state index contributed by atoms with van der Waals surface area (Å²) in [6.07, 6.45) is 2.52. The smallest absolute Gasteiger partial charge is 0.224 e. The van der Waals surface area contributed by atoms with E-state index in [1.165, 1.54) is 5.56 Å². The van der Waals surface area contributed by atoms with Gasteiger partial charge in [-0.3, -0.25) is 0 Å². The van der Waals surface area contributed by atoms with Crippen molar-refractivity contribution >= 4 is 17.5 Å². The van der Waals surface area contributed by atoms with E-state index in [9.17, 15) is 0 Å². The van der Waals surface area contributed by atoms with Crippen LogP contribution in [0.5, 0.6) is 0 Å². The van der Waals surface area contributed by atoms with Gasteiger partial charge in [0.2, 0.25) is 5.95 Å². The van der Waals surface area contributed by atoms with E-state index in [-0.39, 0.29) is 6.10 Å². The molecule has 2 heterocycles. The lowest BCUT2D eigenvalue weighted by molar-refractivity contribution is 0.120. The van der Waals surface area contributed by atoms with Crippen LogP contribution in [0.3, 0.4) is 0 Å². The molecular formula is C19H26N4O. The molecular weight excluding hydrogens is 300 g/mol. The van der Waals surface area contributed by atoms with Gasteiger partial charge in [0.1, 0.15) is 5.82 Å². The van der Waals surface area contributed by atoms with Crippen LogP contribution in [0.1, 0.15) is 31.0 Å². The third kappa shape index (κ3) is 4.03.